The standard InChI is InChI=1S/C14H12BrN5O/c1-21-13-7-10(15)6-12(8-13)20-14(17-18-19-20)9-2-4-11(16)5-3-9/h2-8H,16H2,1H3. The summed E-state index contributed by atoms with van der Waals surface area (Å²) < 4.78 is 7.80. The van der Waals surface area contributed by atoms with Gasteiger partial charge in [-0.25, -0.2) is 0 Å². The van der Waals surface area contributed by atoms with Crippen LogP contribution in [0.2, 0.25) is 0 Å². The first kappa shape index (κ1) is 13.6. The summed E-state index contributed by atoms with van der Waals surface area (Å²) in [5.41, 5.74) is 8.09. The SMILES string of the molecule is COc1cc(Br)cc(-n2nnnc2-c2ccc(N)cc2)c1. The molecule has 0 unspecified atom stereocenters. The lowest BCUT2D eigenvalue weighted by Gasteiger charge is -2.08. The number of halogens is 1. The van der Waals surface area contributed by atoms with Gasteiger partial charge in [0.05, 0.1) is 12.8 Å². The molecule has 0 aliphatic heterocycles. The van der Waals surface area contributed by atoms with Crippen molar-refractivity contribution < 1.29 is 4.74 Å². The molecule has 21 heavy (non-hydrogen) atoms. The zero-order chi connectivity index (χ0) is 14.8. The van der Waals surface area contributed by atoms with E-state index in [4.69, 9.17) is 10.5 Å². The molecule has 0 bridgehead atoms. The smallest absolute Gasteiger partial charge is 0.187 e. The van der Waals surface area contributed by atoms with Crippen LogP contribution in [0.25, 0.3) is 17.1 Å². The predicted molar refractivity (Wildman–Crippen MR) is 83.3 cm³/mol. The van der Waals surface area contributed by atoms with E-state index in [1.54, 1.807) is 11.8 Å². The van der Waals surface area contributed by atoms with E-state index in [9.17, 15) is 0 Å². The third-order valence-electron chi connectivity index (χ3n) is 2.97. The van der Waals surface area contributed by atoms with E-state index in [-0.39, 0.29) is 0 Å². The Morgan fingerprint density at radius 1 is 1.14 bits per heavy atom. The minimum Gasteiger partial charge on any atom is -0.497 e. The third kappa shape index (κ3) is 2.73. The van der Waals surface area contributed by atoms with E-state index in [0.29, 0.717) is 11.5 Å². The molecular weight excluding hydrogens is 334 g/mol. The molecule has 2 N–H and O–H groups in total. The second-order valence-corrected chi connectivity index (χ2v) is 5.30. The number of methoxy groups -OCH3 is 1. The lowest BCUT2D eigenvalue weighted by atomic mass is 10.2. The van der Waals surface area contributed by atoms with Crippen LogP contribution in [0.1, 0.15) is 0 Å². The van der Waals surface area contributed by atoms with Crippen LogP contribution in [0.5, 0.6) is 5.75 Å². The quantitative estimate of drug-likeness (QED) is 0.738. The molecular formula is C14H12BrN5O. The third-order valence-corrected chi connectivity index (χ3v) is 3.43. The highest BCUT2D eigenvalue weighted by Crippen LogP contribution is 2.26. The van der Waals surface area contributed by atoms with Crippen LogP contribution in [-0.4, -0.2) is 27.3 Å². The normalized spacial score (nSPS) is 10.6. The van der Waals surface area contributed by atoms with Gasteiger partial charge in [-0.3, -0.25) is 0 Å². The largest absolute Gasteiger partial charge is 0.497 e. The van der Waals surface area contributed by atoms with Crippen molar-refractivity contribution >= 4 is 21.6 Å². The molecule has 0 atom stereocenters. The van der Waals surface area contributed by atoms with Crippen LogP contribution in [0.4, 0.5) is 5.69 Å². The Morgan fingerprint density at radius 3 is 2.62 bits per heavy atom. The maximum absolute atomic E-state index is 5.71. The first-order valence-electron chi connectivity index (χ1n) is 6.16. The molecule has 1 heterocycles. The van der Waals surface area contributed by atoms with Gasteiger partial charge in [0.2, 0.25) is 0 Å². The van der Waals surface area contributed by atoms with Crippen LogP contribution < -0.4 is 10.5 Å². The minimum absolute atomic E-state index is 0.634. The zero-order valence-corrected chi connectivity index (χ0v) is 12.8. The first-order valence-corrected chi connectivity index (χ1v) is 6.96. The van der Waals surface area contributed by atoms with Crippen molar-refractivity contribution in [2.45, 2.75) is 0 Å². The average Bonchev–Trinajstić information content (AvgIpc) is 2.97. The highest BCUT2D eigenvalue weighted by atomic mass is 79.9. The first-order chi connectivity index (χ1) is 10.2. The van der Waals surface area contributed by atoms with E-state index in [1.807, 2.05) is 42.5 Å². The van der Waals surface area contributed by atoms with Crippen LogP contribution in [-0.2, 0) is 0 Å². The molecule has 2 aromatic carbocycles. The topological polar surface area (TPSA) is 78.8 Å². The summed E-state index contributed by atoms with van der Waals surface area (Å²) in [6.45, 7) is 0. The lowest BCUT2D eigenvalue weighted by Crippen LogP contribution is -2.00. The summed E-state index contributed by atoms with van der Waals surface area (Å²) in [7, 11) is 1.62. The minimum atomic E-state index is 0.634. The number of hydrogen-bond acceptors (Lipinski definition) is 5. The highest BCUT2D eigenvalue weighted by molar-refractivity contribution is 9.10. The molecule has 0 spiro atoms. The van der Waals surface area contributed by atoms with Gasteiger partial charge in [0.25, 0.3) is 0 Å². The van der Waals surface area contributed by atoms with E-state index >= 15 is 0 Å². The number of anilines is 1. The molecule has 0 aliphatic carbocycles. The Bertz CT molecular complexity index is 769. The van der Waals surface area contributed by atoms with E-state index in [0.717, 1.165) is 21.5 Å². The van der Waals surface area contributed by atoms with Crippen LogP contribution in [0.3, 0.4) is 0 Å². The van der Waals surface area contributed by atoms with Gasteiger partial charge in [0.1, 0.15) is 5.75 Å². The number of ether oxygens (including phenoxy) is 1. The summed E-state index contributed by atoms with van der Waals surface area (Å²) in [5, 5.41) is 11.9. The van der Waals surface area contributed by atoms with Gasteiger partial charge in [-0.2, -0.15) is 4.68 Å². The molecule has 0 saturated heterocycles. The van der Waals surface area contributed by atoms with Gasteiger partial charge in [0.15, 0.2) is 5.82 Å². The molecule has 0 aliphatic rings. The summed E-state index contributed by atoms with van der Waals surface area (Å²) >= 11 is 3.45. The van der Waals surface area contributed by atoms with Crippen molar-refractivity contribution in [3.63, 3.8) is 0 Å². The Morgan fingerprint density at radius 2 is 1.90 bits per heavy atom. The number of nitrogens with zero attached hydrogens (tertiary/aromatic N) is 4. The molecule has 7 heteroatoms. The second kappa shape index (κ2) is 5.53. The summed E-state index contributed by atoms with van der Waals surface area (Å²) in [5.74, 6) is 1.35. The molecule has 0 amide bonds. The van der Waals surface area contributed by atoms with E-state index in [2.05, 4.69) is 31.5 Å². The molecule has 6 nitrogen and oxygen atoms in total. The van der Waals surface area contributed by atoms with Gasteiger partial charge < -0.3 is 10.5 Å². The number of rotatable bonds is 3. The fourth-order valence-electron chi connectivity index (χ4n) is 1.96. The fourth-order valence-corrected chi connectivity index (χ4v) is 2.42. The second-order valence-electron chi connectivity index (χ2n) is 4.39. The number of nitrogens with two attached hydrogens (primary N) is 1. The number of hydrogen-bond donors (Lipinski definition) is 1. The Kier molecular flexibility index (Phi) is 3.57. The molecule has 1 aromatic heterocycles. The monoisotopic (exact) mass is 345 g/mol. The maximum Gasteiger partial charge on any atom is 0.187 e. The number of tetrazole rings is 1. The van der Waals surface area contributed by atoms with Gasteiger partial charge in [0, 0.05) is 21.8 Å². The summed E-state index contributed by atoms with van der Waals surface area (Å²) in [4.78, 5) is 0. The fraction of sp³-hybridized carbons (Fsp3) is 0.0714. The van der Waals surface area contributed by atoms with Crippen molar-refractivity contribution in [2.75, 3.05) is 12.8 Å². The Labute approximate surface area is 129 Å². The molecule has 3 rings (SSSR count). The van der Waals surface area contributed by atoms with Gasteiger partial charge in [-0.05, 0) is 46.8 Å². The van der Waals surface area contributed by atoms with Crippen molar-refractivity contribution in [2.24, 2.45) is 0 Å². The van der Waals surface area contributed by atoms with Gasteiger partial charge >= 0.3 is 0 Å². The molecule has 106 valence electrons. The average molecular weight is 346 g/mol. The van der Waals surface area contributed by atoms with Crippen molar-refractivity contribution in [3.05, 3.63) is 46.9 Å². The molecule has 0 saturated carbocycles. The van der Waals surface area contributed by atoms with Crippen LogP contribution in [0, 0.1) is 0 Å². The van der Waals surface area contributed by atoms with Crippen molar-refractivity contribution in [3.8, 4) is 22.8 Å². The summed E-state index contributed by atoms with van der Waals surface area (Å²) in [6.07, 6.45) is 0. The maximum atomic E-state index is 5.71. The Balaban J connectivity index is 2.10. The van der Waals surface area contributed by atoms with E-state index in [1.165, 1.54) is 0 Å². The summed E-state index contributed by atoms with van der Waals surface area (Å²) in [6, 6.07) is 13.0. The lowest BCUT2D eigenvalue weighted by molar-refractivity contribution is 0.414. The zero-order valence-electron chi connectivity index (χ0n) is 11.2. The highest BCUT2D eigenvalue weighted by Gasteiger charge is 2.12. The van der Waals surface area contributed by atoms with Crippen LogP contribution >= 0.6 is 15.9 Å². The molecule has 0 radical (unpaired) electrons. The number of nitrogen functional groups attached to an aromatic ring is 1. The van der Waals surface area contributed by atoms with Crippen LogP contribution in [0.15, 0.2) is 46.9 Å². The van der Waals surface area contributed by atoms with E-state index < -0.39 is 0 Å². The van der Waals surface area contributed by atoms with Gasteiger partial charge in [-0.15, -0.1) is 5.10 Å². The van der Waals surface area contributed by atoms with Crippen molar-refractivity contribution in [1.82, 2.24) is 20.2 Å². The Hall–Kier alpha value is -2.41. The predicted octanol–water partition coefficient (Wildman–Crippen LogP) is 2.68. The van der Waals surface area contributed by atoms with Crippen molar-refractivity contribution in [1.29, 1.82) is 0 Å². The number of benzene rings is 2. The van der Waals surface area contributed by atoms with Gasteiger partial charge in [-0.1, -0.05) is 15.9 Å². The molecule has 3 aromatic rings. The molecule has 0 fully saturated rings. The number of aromatic nitrogens is 4.